The molecule has 2 heterocycles. The maximum absolute atomic E-state index is 4.58. The molecule has 1 aliphatic heterocycles. The molecule has 3 atom stereocenters. The van der Waals surface area contributed by atoms with Crippen LogP contribution in [0, 0.1) is 6.92 Å². The van der Waals surface area contributed by atoms with E-state index in [1.807, 2.05) is 6.20 Å². The van der Waals surface area contributed by atoms with Crippen LogP contribution in [0.3, 0.4) is 0 Å². The number of nitrogens with zero attached hydrogens (tertiary/aromatic N) is 2. The number of piperazine rings is 1. The number of hydrogen-bond acceptors (Lipinski definition) is 3. The van der Waals surface area contributed by atoms with Crippen molar-refractivity contribution >= 4 is 10.9 Å². The van der Waals surface area contributed by atoms with Crippen LogP contribution in [-0.4, -0.2) is 35.1 Å². The van der Waals surface area contributed by atoms with Gasteiger partial charge in [0, 0.05) is 36.8 Å². The predicted octanol–water partition coefficient (Wildman–Crippen LogP) is 4.31. The zero-order chi connectivity index (χ0) is 18.1. The summed E-state index contributed by atoms with van der Waals surface area (Å²) >= 11 is 0. The van der Waals surface area contributed by atoms with Crippen molar-refractivity contribution in [3.8, 4) is 0 Å². The fraction of sp³-hybridized carbons (Fsp3) is 0.348. The fourth-order valence-corrected chi connectivity index (χ4v) is 4.16. The lowest BCUT2D eigenvalue weighted by Crippen LogP contribution is -2.55. The van der Waals surface area contributed by atoms with Gasteiger partial charge in [0.15, 0.2) is 0 Å². The standard InChI is InChI=1S/C23H27N3/c1-16-7-6-8-19(13-16)23(26-15-17(2)25-14-18(26)3)21-11-12-24-22-10-5-4-9-20(21)22/h4-13,17-18,23,25H,14-15H2,1-3H3/t17-,18+,23?/m1/s1. The number of aryl methyl sites for hydroxylation is 1. The van der Waals surface area contributed by atoms with Gasteiger partial charge in [0.2, 0.25) is 0 Å². The molecule has 134 valence electrons. The minimum atomic E-state index is 0.238. The van der Waals surface area contributed by atoms with Gasteiger partial charge in [-0.2, -0.15) is 0 Å². The zero-order valence-corrected chi connectivity index (χ0v) is 15.8. The molecule has 0 radical (unpaired) electrons. The number of pyridine rings is 1. The van der Waals surface area contributed by atoms with Crippen molar-refractivity contribution in [1.82, 2.24) is 15.2 Å². The van der Waals surface area contributed by atoms with Gasteiger partial charge in [0.25, 0.3) is 0 Å². The second kappa shape index (κ2) is 7.18. The van der Waals surface area contributed by atoms with Gasteiger partial charge in [-0.25, -0.2) is 0 Å². The first kappa shape index (κ1) is 17.2. The maximum atomic E-state index is 4.58. The Kier molecular flexibility index (Phi) is 4.75. The van der Waals surface area contributed by atoms with Gasteiger partial charge in [-0.15, -0.1) is 0 Å². The second-order valence-corrected chi connectivity index (χ2v) is 7.59. The van der Waals surface area contributed by atoms with E-state index in [1.54, 1.807) is 0 Å². The van der Waals surface area contributed by atoms with E-state index >= 15 is 0 Å². The quantitative estimate of drug-likeness (QED) is 0.766. The maximum Gasteiger partial charge on any atom is 0.0705 e. The number of rotatable bonds is 3. The average Bonchev–Trinajstić information content (AvgIpc) is 2.65. The number of para-hydroxylation sites is 1. The first-order valence-corrected chi connectivity index (χ1v) is 9.53. The largest absolute Gasteiger partial charge is 0.311 e. The van der Waals surface area contributed by atoms with Crippen molar-refractivity contribution in [2.45, 2.75) is 38.9 Å². The molecular weight excluding hydrogens is 318 g/mol. The third-order valence-electron chi connectivity index (χ3n) is 5.48. The van der Waals surface area contributed by atoms with Crippen molar-refractivity contribution in [2.75, 3.05) is 13.1 Å². The van der Waals surface area contributed by atoms with Crippen molar-refractivity contribution in [2.24, 2.45) is 0 Å². The smallest absolute Gasteiger partial charge is 0.0705 e. The van der Waals surface area contributed by atoms with Crippen molar-refractivity contribution in [3.63, 3.8) is 0 Å². The molecule has 3 heteroatoms. The molecule has 4 rings (SSSR count). The lowest BCUT2D eigenvalue weighted by molar-refractivity contribution is 0.114. The van der Waals surface area contributed by atoms with E-state index in [0.29, 0.717) is 12.1 Å². The van der Waals surface area contributed by atoms with Crippen LogP contribution in [-0.2, 0) is 0 Å². The third-order valence-corrected chi connectivity index (χ3v) is 5.48. The first-order chi connectivity index (χ1) is 12.6. The molecule has 2 aromatic carbocycles. The minimum Gasteiger partial charge on any atom is -0.311 e. The summed E-state index contributed by atoms with van der Waals surface area (Å²) in [7, 11) is 0. The average molecular weight is 345 g/mol. The van der Waals surface area contributed by atoms with Gasteiger partial charge in [-0.1, -0.05) is 48.0 Å². The van der Waals surface area contributed by atoms with Crippen LogP contribution < -0.4 is 5.32 Å². The molecule has 3 nitrogen and oxygen atoms in total. The second-order valence-electron chi connectivity index (χ2n) is 7.59. The van der Waals surface area contributed by atoms with E-state index < -0.39 is 0 Å². The van der Waals surface area contributed by atoms with Crippen LogP contribution in [0.15, 0.2) is 60.8 Å². The van der Waals surface area contributed by atoms with Gasteiger partial charge in [0.05, 0.1) is 11.6 Å². The zero-order valence-electron chi connectivity index (χ0n) is 15.8. The lowest BCUT2D eigenvalue weighted by Gasteiger charge is -2.43. The summed E-state index contributed by atoms with van der Waals surface area (Å²) < 4.78 is 0. The predicted molar refractivity (Wildman–Crippen MR) is 108 cm³/mol. The fourth-order valence-electron chi connectivity index (χ4n) is 4.16. The van der Waals surface area contributed by atoms with Gasteiger partial charge >= 0.3 is 0 Å². The van der Waals surface area contributed by atoms with E-state index in [2.05, 4.69) is 90.6 Å². The molecule has 1 saturated heterocycles. The molecule has 0 bridgehead atoms. The number of aromatic nitrogens is 1. The summed E-state index contributed by atoms with van der Waals surface area (Å²) in [6.07, 6.45) is 1.96. The van der Waals surface area contributed by atoms with Gasteiger partial charge in [0.1, 0.15) is 0 Å². The Hall–Kier alpha value is -2.23. The van der Waals surface area contributed by atoms with Crippen LogP contribution in [0.2, 0.25) is 0 Å². The Morgan fingerprint density at radius 1 is 1.08 bits per heavy atom. The number of hydrogen-bond donors (Lipinski definition) is 1. The highest BCUT2D eigenvalue weighted by Crippen LogP contribution is 2.35. The SMILES string of the molecule is Cc1cccc(C(c2ccnc3ccccc23)N2C[C@@H](C)NC[C@@H]2C)c1. The topological polar surface area (TPSA) is 28.2 Å². The summed E-state index contributed by atoms with van der Waals surface area (Å²) in [5.41, 5.74) is 5.09. The normalized spacial score (nSPS) is 22.4. The van der Waals surface area contributed by atoms with Crippen LogP contribution in [0.1, 0.15) is 36.6 Å². The Labute approximate surface area is 156 Å². The van der Waals surface area contributed by atoms with E-state index in [0.717, 1.165) is 18.6 Å². The highest BCUT2D eigenvalue weighted by Gasteiger charge is 2.31. The highest BCUT2D eigenvalue weighted by atomic mass is 15.2. The lowest BCUT2D eigenvalue weighted by atomic mass is 9.91. The molecular formula is C23H27N3. The van der Waals surface area contributed by atoms with Crippen molar-refractivity contribution in [3.05, 3.63) is 77.5 Å². The minimum absolute atomic E-state index is 0.238. The molecule has 0 amide bonds. The van der Waals surface area contributed by atoms with Crippen LogP contribution in [0.4, 0.5) is 0 Å². The van der Waals surface area contributed by atoms with E-state index in [9.17, 15) is 0 Å². The molecule has 1 aromatic heterocycles. The molecule has 26 heavy (non-hydrogen) atoms. The third kappa shape index (κ3) is 3.25. The monoisotopic (exact) mass is 345 g/mol. The van der Waals surface area contributed by atoms with Crippen LogP contribution >= 0.6 is 0 Å². The molecule has 0 aliphatic carbocycles. The van der Waals surface area contributed by atoms with Crippen molar-refractivity contribution < 1.29 is 0 Å². The molecule has 0 saturated carbocycles. The Morgan fingerprint density at radius 2 is 1.92 bits per heavy atom. The molecule has 1 unspecified atom stereocenters. The Bertz CT molecular complexity index is 899. The molecule has 3 aromatic rings. The van der Waals surface area contributed by atoms with E-state index in [1.165, 1.54) is 22.1 Å². The first-order valence-electron chi connectivity index (χ1n) is 9.53. The summed E-state index contributed by atoms with van der Waals surface area (Å²) in [6.45, 7) is 8.83. The number of nitrogens with one attached hydrogen (secondary N) is 1. The van der Waals surface area contributed by atoms with Gasteiger partial charge in [-0.05, 0) is 44.0 Å². The Balaban J connectivity index is 1.90. The molecule has 1 fully saturated rings. The Morgan fingerprint density at radius 3 is 2.77 bits per heavy atom. The highest BCUT2D eigenvalue weighted by molar-refractivity contribution is 5.82. The molecule has 0 spiro atoms. The van der Waals surface area contributed by atoms with Gasteiger partial charge < -0.3 is 5.32 Å². The number of benzene rings is 2. The van der Waals surface area contributed by atoms with E-state index in [-0.39, 0.29) is 6.04 Å². The summed E-state index contributed by atoms with van der Waals surface area (Å²) in [5, 5.41) is 4.86. The van der Waals surface area contributed by atoms with Gasteiger partial charge in [-0.3, -0.25) is 9.88 Å². The molecule has 1 N–H and O–H groups in total. The molecule has 1 aliphatic rings. The van der Waals surface area contributed by atoms with Crippen LogP contribution in [0.25, 0.3) is 10.9 Å². The number of fused-ring (bicyclic) bond motifs is 1. The summed E-state index contributed by atoms with van der Waals surface area (Å²) in [4.78, 5) is 7.23. The van der Waals surface area contributed by atoms with Crippen molar-refractivity contribution in [1.29, 1.82) is 0 Å². The summed E-state index contributed by atoms with van der Waals surface area (Å²) in [5.74, 6) is 0. The summed E-state index contributed by atoms with van der Waals surface area (Å²) in [6, 6.07) is 20.9. The van der Waals surface area contributed by atoms with E-state index in [4.69, 9.17) is 0 Å². The van der Waals surface area contributed by atoms with Crippen LogP contribution in [0.5, 0.6) is 0 Å².